The van der Waals surface area contributed by atoms with Crippen LogP contribution < -0.4 is 21.1 Å². The summed E-state index contributed by atoms with van der Waals surface area (Å²) in [7, 11) is -2.99. The summed E-state index contributed by atoms with van der Waals surface area (Å²) >= 11 is 0. The molecule has 0 aromatic heterocycles. The average Bonchev–Trinajstić information content (AvgIpc) is 3.68. The van der Waals surface area contributed by atoms with Gasteiger partial charge in [0.25, 0.3) is 0 Å². The first-order valence-electron chi connectivity index (χ1n) is 16.3. The smallest absolute Gasteiger partial charge is 0.407 e. The van der Waals surface area contributed by atoms with Gasteiger partial charge in [0, 0.05) is 6.54 Å². The summed E-state index contributed by atoms with van der Waals surface area (Å²) < 4.78 is 56.1. The number of nitrogens with two attached hydrogens (primary N) is 1. The molecule has 5 N–H and O–H groups in total. The van der Waals surface area contributed by atoms with Crippen LogP contribution in [0.5, 0.6) is 5.75 Å². The number of carbonyl (C=O) groups excluding carboxylic acids is 2. The van der Waals surface area contributed by atoms with Crippen molar-refractivity contribution < 1.29 is 46.8 Å². The minimum Gasteiger partial charge on any atom is -0.497 e. The lowest BCUT2D eigenvalue weighted by molar-refractivity contribution is -0.0907. The third-order valence-electron chi connectivity index (χ3n) is 8.93. The Morgan fingerprint density at radius 2 is 1.79 bits per heavy atom. The third kappa shape index (κ3) is 9.17. The molecule has 48 heavy (non-hydrogen) atoms. The van der Waals surface area contributed by atoms with Gasteiger partial charge in [-0.15, -0.1) is 0 Å². The minimum atomic E-state index is -4.46. The highest BCUT2D eigenvalue weighted by molar-refractivity contribution is 7.92. The molecule has 2 saturated heterocycles. The van der Waals surface area contributed by atoms with Crippen molar-refractivity contribution in [2.24, 2.45) is 17.1 Å². The third-order valence-corrected chi connectivity index (χ3v) is 11.2. The number of aliphatic hydroxyl groups excluding tert-OH is 1. The van der Waals surface area contributed by atoms with Crippen LogP contribution in [0.3, 0.4) is 0 Å². The molecule has 0 aliphatic carbocycles. The Labute approximate surface area is 282 Å². The summed E-state index contributed by atoms with van der Waals surface area (Å²) in [5, 5.41) is 17.6. The van der Waals surface area contributed by atoms with Crippen molar-refractivity contribution in [3.63, 3.8) is 0 Å². The van der Waals surface area contributed by atoms with Crippen molar-refractivity contribution in [1.29, 1.82) is 0 Å². The Morgan fingerprint density at radius 3 is 2.46 bits per heavy atom. The van der Waals surface area contributed by atoms with E-state index in [0.717, 1.165) is 5.56 Å². The molecule has 4 rings (SSSR count). The number of carbonyl (C=O) groups is 2. The fraction of sp³-hybridized carbons (Fsp3) is 0.588. The van der Waals surface area contributed by atoms with Crippen molar-refractivity contribution in [1.82, 2.24) is 10.6 Å². The van der Waals surface area contributed by atoms with E-state index in [0.29, 0.717) is 38.2 Å². The highest BCUT2D eigenvalue weighted by atomic mass is 32.2. The molecule has 2 aromatic rings. The number of rotatable bonds is 16. The van der Waals surface area contributed by atoms with Gasteiger partial charge < -0.3 is 45.2 Å². The largest absolute Gasteiger partial charge is 0.497 e. The number of hydrogen-bond donors (Lipinski definition) is 4. The Kier molecular flexibility index (Phi) is 12.7. The molecular formula is C34H49N3O10S. The van der Waals surface area contributed by atoms with Crippen LogP contribution in [0.2, 0.25) is 0 Å². The number of benzene rings is 2. The van der Waals surface area contributed by atoms with E-state index in [9.17, 15) is 23.1 Å². The van der Waals surface area contributed by atoms with E-state index in [4.69, 9.17) is 29.4 Å². The summed E-state index contributed by atoms with van der Waals surface area (Å²) in [6.45, 7) is 6.62. The van der Waals surface area contributed by atoms with Gasteiger partial charge in [-0.05, 0) is 74.3 Å². The molecule has 0 saturated carbocycles. The topological polar surface area (TPSA) is 185 Å². The van der Waals surface area contributed by atoms with Crippen molar-refractivity contribution in [2.75, 3.05) is 33.5 Å². The van der Waals surface area contributed by atoms with Crippen molar-refractivity contribution in [2.45, 2.75) is 87.2 Å². The maximum Gasteiger partial charge on any atom is 0.407 e. The number of fused-ring (bicyclic) bond motifs is 1. The van der Waals surface area contributed by atoms with Crippen LogP contribution in [0.1, 0.15) is 52.0 Å². The first kappa shape index (κ1) is 37.4. The summed E-state index contributed by atoms with van der Waals surface area (Å²) in [4.78, 5) is 22.8. The van der Waals surface area contributed by atoms with Gasteiger partial charge in [0.05, 0.1) is 43.8 Å². The van der Waals surface area contributed by atoms with E-state index in [-0.39, 0.29) is 36.9 Å². The lowest BCUT2D eigenvalue weighted by atomic mass is 9.78. The predicted octanol–water partition coefficient (Wildman–Crippen LogP) is 3.53. The van der Waals surface area contributed by atoms with E-state index in [1.165, 1.54) is 31.4 Å². The summed E-state index contributed by atoms with van der Waals surface area (Å²) in [5.74, 6) is 0.333. The molecule has 14 heteroatoms. The molecule has 2 aromatic carbocycles. The number of aliphatic hydroxyl groups is 1. The highest BCUT2D eigenvalue weighted by Gasteiger charge is 2.53. The zero-order chi connectivity index (χ0) is 35.0. The second-order valence-electron chi connectivity index (χ2n) is 13.1. The predicted molar refractivity (Wildman–Crippen MR) is 177 cm³/mol. The van der Waals surface area contributed by atoms with Crippen molar-refractivity contribution in [3.8, 4) is 5.75 Å². The van der Waals surface area contributed by atoms with E-state index >= 15 is 0 Å². The minimum absolute atomic E-state index is 0.0639. The Bertz CT molecular complexity index is 1460. The van der Waals surface area contributed by atoms with Crippen LogP contribution in [-0.4, -0.2) is 88.6 Å². The Balaban J connectivity index is 1.64. The van der Waals surface area contributed by atoms with Gasteiger partial charge in [-0.2, -0.15) is 0 Å². The number of ether oxygens (including phenoxy) is 5. The molecule has 2 fully saturated rings. The molecule has 2 aliphatic heterocycles. The Morgan fingerprint density at radius 1 is 1.08 bits per heavy atom. The van der Waals surface area contributed by atoms with Crippen molar-refractivity contribution in [3.05, 3.63) is 60.2 Å². The van der Waals surface area contributed by atoms with E-state index in [1.54, 1.807) is 6.92 Å². The molecular weight excluding hydrogens is 642 g/mol. The molecule has 2 heterocycles. The molecule has 2 aliphatic rings. The van der Waals surface area contributed by atoms with Crippen LogP contribution in [0.4, 0.5) is 9.59 Å². The van der Waals surface area contributed by atoms with Gasteiger partial charge in [0.2, 0.25) is 0 Å². The van der Waals surface area contributed by atoms with E-state index in [2.05, 4.69) is 10.6 Å². The number of hydrogen-bond acceptors (Lipinski definition) is 11. The zero-order valence-electron chi connectivity index (χ0n) is 28.1. The van der Waals surface area contributed by atoms with Crippen molar-refractivity contribution >= 4 is 22.0 Å². The lowest BCUT2D eigenvalue weighted by Crippen LogP contribution is -2.65. The first-order chi connectivity index (χ1) is 22.8. The van der Waals surface area contributed by atoms with E-state index in [1.807, 2.05) is 44.2 Å². The monoisotopic (exact) mass is 691 g/mol. The quantitative estimate of drug-likeness (QED) is 0.189. The highest BCUT2D eigenvalue weighted by Crippen LogP contribution is 2.40. The zero-order valence-corrected chi connectivity index (χ0v) is 28.9. The fourth-order valence-electron chi connectivity index (χ4n) is 6.43. The SMILES string of the molecule is CCOC(=O)NCCCC(C)(C)CC(N)([C@H](O)[C@H](Cc1ccccc1)NC(=O)O[C@H]1CO[C@H]2OCC[C@H]21)S(=O)(=O)c1ccc(OC)cc1. The van der Waals surface area contributed by atoms with Crippen LogP contribution in [0, 0.1) is 11.3 Å². The molecule has 2 amide bonds. The normalized spacial score (nSPS) is 21.8. The van der Waals surface area contributed by atoms with Crippen LogP contribution in [0.25, 0.3) is 0 Å². The van der Waals surface area contributed by atoms with Gasteiger partial charge in [-0.3, -0.25) is 0 Å². The summed E-state index contributed by atoms with van der Waals surface area (Å²) in [6.07, 6.45) is -2.65. The van der Waals surface area contributed by atoms with Gasteiger partial charge in [0.1, 0.15) is 18.0 Å². The standard InChI is InChI=1S/C34H49N3O10S/c1-5-44-31(39)36-18-9-17-33(2,3)22-34(35,48(41,42)25-14-12-24(43-4)13-15-25)29(38)27(20-23-10-7-6-8-11-23)37-32(40)47-28-21-46-30-26(28)16-19-45-30/h6-8,10-15,26-30,38H,5,9,16-22,35H2,1-4H3,(H,36,39)(H,37,40)/t26-,27-,28-,29+,30+,34?/m0/s1. The molecule has 266 valence electrons. The lowest BCUT2D eigenvalue weighted by Gasteiger charge is -2.42. The van der Waals surface area contributed by atoms with Gasteiger partial charge in [-0.1, -0.05) is 44.2 Å². The first-order valence-corrected chi connectivity index (χ1v) is 17.8. The maximum absolute atomic E-state index is 14.5. The molecule has 0 radical (unpaired) electrons. The second kappa shape index (κ2) is 16.3. The van der Waals surface area contributed by atoms with Gasteiger partial charge in [0.15, 0.2) is 21.0 Å². The van der Waals surface area contributed by atoms with Crippen LogP contribution in [0.15, 0.2) is 59.5 Å². The molecule has 0 spiro atoms. The summed E-state index contributed by atoms with van der Waals surface area (Å²) in [5.41, 5.74) is 6.97. The number of amides is 2. The number of nitrogens with one attached hydrogen (secondary N) is 2. The number of alkyl carbamates (subject to hydrolysis) is 2. The molecule has 0 bridgehead atoms. The van der Waals surface area contributed by atoms with Gasteiger partial charge >= 0.3 is 12.2 Å². The molecule has 13 nitrogen and oxygen atoms in total. The molecule has 6 atom stereocenters. The Hall–Kier alpha value is -3.43. The van der Waals surface area contributed by atoms with Crippen LogP contribution >= 0.6 is 0 Å². The number of methoxy groups -OCH3 is 1. The summed E-state index contributed by atoms with van der Waals surface area (Å²) in [6, 6.07) is 13.7. The van der Waals surface area contributed by atoms with E-state index < -0.39 is 56.8 Å². The maximum atomic E-state index is 14.5. The average molecular weight is 692 g/mol. The number of sulfone groups is 1. The van der Waals surface area contributed by atoms with Gasteiger partial charge in [-0.25, -0.2) is 18.0 Å². The van der Waals surface area contributed by atoms with Crippen LogP contribution in [-0.2, 0) is 35.2 Å². The molecule has 1 unspecified atom stereocenters. The fourth-order valence-corrected chi connectivity index (χ4v) is 8.43. The second-order valence-corrected chi connectivity index (χ2v) is 15.3.